The summed E-state index contributed by atoms with van der Waals surface area (Å²) in [6.45, 7) is 0. The van der Waals surface area contributed by atoms with Crippen LogP contribution in [0.5, 0.6) is 17.2 Å². The van der Waals surface area contributed by atoms with Crippen molar-refractivity contribution in [2.24, 2.45) is 0 Å². The number of carbonyl (C=O) groups excluding carboxylic acids is 1. The molecule has 0 amide bonds. The minimum absolute atomic E-state index is 0.0139. The number of hydrogen-bond acceptors (Lipinski definition) is 6. The van der Waals surface area contributed by atoms with E-state index in [0.29, 0.717) is 21.7 Å². The summed E-state index contributed by atoms with van der Waals surface area (Å²) in [6, 6.07) is 14.5. The fourth-order valence-corrected chi connectivity index (χ4v) is 4.26. The van der Waals surface area contributed by atoms with E-state index in [2.05, 4.69) is 0 Å². The summed E-state index contributed by atoms with van der Waals surface area (Å²) in [5, 5.41) is 20.6. The van der Waals surface area contributed by atoms with E-state index in [1.807, 2.05) is 6.07 Å². The molecule has 154 valence electrons. The molecule has 0 spiro atoms. The van der Waals surface area contributed by atoms with Gasteiger partial charge in [0.15, 0.2) is 0 Å². The van der Waals surface area contributed by atoms with E-state index in [0.717, 1.165) is 0 Å². The fraction of sp³-hybridized carbons (Fsp3) is 0.0833. The van der Waals surface area contributed by atoms with Gasteiger partial charge >= 0.3 is 5.97 Å². The number of esters is 1. The summed E-state index contributed by atoms with van der Waals surface area (Å²) in [5.41, 5.74) is 1.63. The van der Waals surface area contributed by atoms with Gasteiger partial charge in [-0.2, -0.15) is 0 Å². The van der Waals surface area contributed by atoms with Crippen LogP contribution in [-0.2, 0) is 4.79 Å². The van der Waals surface area contributed by atoms with Crippen molar-refractivity contribution in [3.8, 4) is 28.4 Å². The summed E-state index contributed by atoms with van der Waals surface area (Å²) >= 11 is 6.39. The molecule has 7 heteroatoms. The van der Waals surface area contributed by atoms with E-state index >= 15 is 0 Å². The average Bonchev–Trinajstić information content (AvgIpc) is 2.74. The molecule has 1 aromatic heterocycles. The van der Waals surface area contributed by atoms with Crippen LogP contribution in [0, 0.1) is 0 Å². The number of halogens is 1. The highest BCUT2D eigenvalue weighted by Gasteiger charge is 2.34. The van der Waals surface area contributed by atoms with Gasteiger partial charge in [-0.1, -0.05) is 41.9 Å². The maximum Gasteiger partial charge on any atom is 0.312 e. The molecule has 1 atom stereocenters. The first-order valence-electron chi connectivity index (χ1n) is 9.50. The predicted molar refractivity (Wildman–Crippen MR) is 115 cm³/mol. The van der Waals surface area contributed by atoms with Gasteiger partial charge in [-0.3, -0.25) is 9.59 Å². The molecule has 6 nitrogen and oxygen atoms in total. The lowest BCUT2D eigenvalue weighted by Crippen LogP contribution is -2.22. The molecule has 0 radical (unpaired) electrons. The Bertz CT molecular complexity index is 1400. The van der Waals surface area contributed by atoms with Crippen LogP contribution in [0.1, 0.15) is 23.5 Å². The molecular weight excluding hydrogens is 420 g/mol. The van der Waals surface area contributed by atoms with Crippen LogP contribution in [0.3, 0.4) is 0 Å². The van der Waals surface area contributed by atoms with Crippen molar-refractivity contribution in [2.45, 2.75) is 12.3 Å². The summed E-state index contributed by atoms with van der Waals surface area (Å²) < 4.78 is 11.2. The average molecular weight is 435 g/mol. The van der Waals surface area contributed by atoms with Crippen LogP contribution in [0.2, 0.25) is 5.02 Å². The Morgan fingerprint density at radius 2 is 1.74 bits per heavy atom. The minimum Gasteiger partial charge on any atom is -0.508 e. The van der Waals surface area contributed by atoms with Crippen molar-refractivity contribution in [3.63, 3.8) is 0 Å². The number of fused-ring (bicyclic) bond motifs is 3. The van der Waals surface area contributed by atoms with Crippen LogP contribution in [-0.4, -0.2) is 16.2 Å². The number of phenolic OH excluding ortho intramolecular Hbond substituents is 2. The number of aromatic hydroxyl groups is 2. The number of hydrogen-bond donors (Lipinski definition) is 2. The first-order valence-corrected chi connectivity index (χ1v) is 9.87. The second kappa shape index (κ2) is 7.18. The lowest BCUT2D eigenvalue weighted by Gasteiger charge is -2.26. The molecule has 1 aliphatic rings. The zero-order chi connectivity index (χ0) is 21.7. The van der Waals surface area contributed by atoms with Crippen LogP contribution >= 0.6 is 11.6 Å². The quantitative estimate of drug-likeness (QED) is 0.341. The number of carbonyl (C=O) groups is 1. The Morgan fingerprint density at radius 1 is 1.00 bits per heavy atom. The fourth-order valence-electron chi connectivity index (χ4n) is 4.00. The van der Waals surface area contributed by atoms with Gasteiger partial charge in [-0.05, 0) is 29.3 Å². The molecule has 0 saturated heterocycles. The standard InChI is InChI=1S/C24H15ClO6/c25-17-4-2-1-3-14(17)15-9-20(28)31-19-10-18(27)22-23(29)16(11-30-24(22)21(15)19)12-5-7-13(26)8-6-12/h1-8,10-11,15,26-27H,9H2/t15-/m1/s1. The molecule has 0 bridgehead atoms. The zero-order valence-electron chi connectivity index (χ0n) is 16.0. The molecular formula is C24H15ClO6. The summed E-state index contributed by atoms with van der Waals surface area (Å²) in [7, 11) is 0. The molecule has 0 unspecified atom stereocenters. The van der Waals surface area contributed by atoms with Gasteiger partial charge in [-0.25, -0.2) is 0 Å². The van der Waals surface area contributed by atoms with Crippen LogP contribution in [0.4, 0.5) is 0 Å². The van der Waals surface area contributed by atoms with E-state index in [4.69, 9.17) is 20.8 Å². The lowest BCUT2D eigenvalue weighted by molar-refractivity contribution is -0.135. The largest absolute Gasteiger partial charge is 0.508 e. The van der Waals surface area contributed by atoms with Gasteiger partial charge in [-0.15, -0.1) is 0 Å². The number of rotatable bonds is 2. The van der Waals surface area contributed by atoms with E-state index < -0.39 is 17.3 Å². The van der Waals surface area contributed by atoms with E-state index in [9.17, 15) is 19.8 Å². The summed E-state index contributed by atoms with van der Waals surface area (Å²) in [4.78, 5) is 25.5. The maximum atomic E-state index is 13.3. The topological polar surface area (TPSA) is 97.0 Å². The molecule has 3 aromatic carbocycles. The Kier molecular flexibility index (Phi) is 4.45. The Morgan fingerprint density at radius 3 is 2.48 bits per heavy atom. The molecule has 4 aromatic rings. The molecule has 0 aliphatic carbocycles. The van der Waals surface area contributed by atoms with E-state index in [1.165, 1.54) is 24.5 Å². The molecule has 31 heavy (non-hydrogen) atoms. The molecule has 0 saturated carbocycles. The van der Waals surface area contributed by atoms with Gasteiger partial charge in [0.05, 0.1) is 12.0 Å². The molecule has 2 N–H and O–H groups in total. The van der Waals surface area contributed by atoms with Gasteiger partial charge in [0, 0.05) is 22.6 Å². The highest BCUT2D eigenvalue weighted by atomic mass is 35.5. The van der Waals surface area contributed by atoms with Gasteiger partial charge < -0.3 is 19.4 Å². The number of benzene rings is 3. The Hall–Kier alpha value is -3.77. The smallest absolute Gasteiger partial charge is 0.312 e. The normalized spacial score (nSPS) is 15.5. The van der Waals surface area contributed by atoms with Crippen molar-refractivity contribution in [1.82, 2.24) is 0 Å². The minimum atomic E-state index is -0.504. The molecule has 2 heterocycles. The predicted octanol–water partition coefficient (Wildman–Crippen LogP) is 4.97. The van der Waals surface area contributed by atoms with Crippen molar-refractivity contribution >= 4 is 28.5 Å². The van der Waals surface area contributed by atoms with Crippen molar-refractivity contribution in [1.29, 1.82) is 0 Å². The highest BCUT2D eigenvalue weighted by Crippen LogP contribution is 2.46. The van der Waals surface area contributed by atoms with Gasteiger partial charge in [0.1, 0.15) is 34.5 Å². The van der Waals surface area contributed by atoms with Crippen molar-refractivity contribution in [2.75, 3.05) is 0 Å². The van der Waals surface area contributed by atoms with Gasteiger partial charge in [0.25, 0.3) is 0 Å². The van der Waals surface area contributed by atoms with Crippen LogP contribution in [0.25, 0.3) is 22.1 Å². The Labute approximate surface area is 180 Å². The Balaban J connectivity index is 1.80. The zero-order valence-corrected chi connectivity index (χ0v) is 16.7. The number of phenols is 2. The SMILES string of the molecule is O=C1C[C@H](c2ccccc2Cl)c2c(cc(O)c3c(=O)c(-c4ccc(O)cc4)coc23)O1. The third-order valence-corrected chi connectivity index (χ3v) is 5.77. The monoisotopic (exact) mass is 434 g/mol. The van der Waals surface area contributed by atoms with Crippen molar-refractivity contribution < 1.29 is 24.2 Å². The molecule has 5 rings (SSSR count). The van der Waals surface area contributed by atoms with Crippen LogP contribution in [0.15, 0.2) is 70.1 Å². The summed E-state index contributed by atoms with van der Waals surface area (Å²) in [6.07, 6.45) is 1.32. The van der Waals surface area contributed by atoms with E-state index in [-0.39, 0.29) is 40.2 Å². The lowest BCUT2D eigenvalue weighted by atomic mass is 9.85. The maximum absolute atomic E-state index is 13.3. The van der Waals surface area contributed by atoms with E-state index in [1.54, 1.807) is 30.3 Å². The first-order chi connectivity index (χ1) is 14.9. The number of ether oxygens (including phenoxy) is 1. The third kappa shape index (κ3) is 3.12. The summed E-state index contributed by atoms with van der Waals surface area (Å²) in [5.74, 6) is -1.13. The highest BCUT2D eigenvalue weighted by molar-refractivity contribution is 6.31. The third-order valence-electron chi connectivity index (χ3n) is 5.43. The molecule has 1 aliphatic heterocycles. The second-order valence-corrected chi connectivity index (χ2v) is 7.70. The van der Waals surface area contributed by atoms with Crippen LogP contribution < -0.4 is 10.2 Å². The van der Waals surface area contributed by atoms with Crippen molar-refractivity contribution in [3.05, 3.63) is 87.2 Å². The van der Waals surface area contributed by atoms with Gasteiger partial charge in [0.2, 0.25) is 5.43 Å². The first kappa shape index (κ1) is 19.2. The molecule has 0 fully saturated rings. The second-order valence-electron chi connectivity index (χ2n) is 7.29.